The highest BCUT2D eigenvalue weighted by atomic mass is 32.2. The molecule has 0 spiro atoms. The lowest BCUT2D eigenvalue weighted by Gasteiger charge is -2.20. The van der Waals surface area contributed by atoms with Crippen molar-refractivity contribution >= 4 is 15.7 Å². The molecule has 0 aromatic heterocycles. The van der Waals surface area contributed by atoms with Crippen LogP contribution in [0.2, 0.25) is 0 Å². The van der Waals surface area contributed by atoms with Crippen LogP contribution in [-0.4, -0.2) is 41.4 Å². The zero-order valence-corrected chi connectivity index (χ0v) is 13.2. The molecule has 1 rings (SSSR count). The van der Waals surface area contributed by atoms with Crippen LogP contribution in [0.3, 0.4) is 0 Å². The molecule has 114 valence electrons. The van der Waals surface area contributed by atoms with Crippen LogP contribution in [0.1, 0.15) is 19.8 Å². The highest BCUT2D eigenvalue weighted by molar-refractivity contribution is 7.92. The molecule has 0 aliphatic rings. The third-order valence-corrected chi connectivity index (χ3v) is 4.94. The van der Waals surface area contributed by atoms with Gasteiger partial charge in [-0.3, -0.25) is 4.31 Å². The molecule has 0 aliphatic heterocycles. The summed E-state index contributed by atoms with van der Waals surface area (Å²) in [5.74, 6) is 0.809. The van der Waals surface area contributed by atoms with E-state index >= 15 is 0 Å². The molecule has 6 heteroatoms. The van der Waals surface area contributed by atoms with E-state index in [0.29, 0.717) is 17.9 Å². The van der Waals surface area contributed by atoms with Gasteiger partial charge in [-0.25, -0.2) is 8.42 Å². The third kappa shape index (κ3) is 5.02. The molecule has 0 radical (unpaired) electrons. The summed E-state index contributed by atoms with van der Waals surface area (Å²) in [4.78, 5) is 0. The fourth-order valence-corrected chi connectivity index (χ4v) is 3.09. The minimum absolute atomic E-state index is 0.159. The van der Waals surface area contributed by atoms with Crippen LogP contribution in [0.15, 0.2) is 24.3 Å². The molecule has 0 heterocycles. The Kier molecular flexibility index (Phi) is 6.81. The molecule has 0 amide bonds. The minimum Gasteiger partial charge on any atom is -0.497 e. The van der Waals surface area contributed by atoms with Gasteiger partial charge in [-0.1, -0.05) is 13.0 Å². The number of hydrogen-bond acceptors (Lipinski definition) is 4. The van der Waals surface area contributed by atoms with E-state index in [9.17, 15) is 8.42 Å². The fraction of sp³-hybridized carbons (Fsp3) is 0.571. The summed E-state index contributed by atoms with van der Waals surface area (Å²) in [7, 11) is -0.134. The Bertz CT molecular complexity index is 503. The van der Waals surface area contributed by atoms with E-state index in [2.05, 4.69) is 5.32 Å². The number of rotatable bonds is 9. The molecule has 0 atom stereocenters. The smallest absolute Gasteiger partial charge is 0.234 e. The van der Waals surface area contributed by atoms with Gasteiger partial charge in [0.05, 0.1) is 18.6 Å². The Morgan fingerprint density at radius 3 is 2.70 bits per heavy atom. The van der Waals surface area contributed by atoms with Crippen molar-refractivity contribution in [3.05, 3.63) is 24.3 Å². The summed E-state index contributed by atoms with van der Waals surface area (Å²) in [6, 6.07) is 7.06. The molecule has 0 saturated carbocycles. The van der Waals surface area contributed by atoms with Gasteiger partial charge < -0.3 is 10.1 Å². The van der Waals surface area contributed by atoms with Crippen LogP contribution in [0.4, 0.5) is 5.69 Å². The van der Waals surface area contributed by atoms with Crippen LogP contribution in [0, 0.1) is 0 Å². The van der Waals surface area contributed by atoms with Crippen molar-refractivity contribution in [3.8, 4) is 5.75 Å². The number of unbranched alkanes of at least 4 members (excludes halogenated alkanes) is 1. The second-order valence-corrected chi connectivity index (χ2v) is 6.67. The lowest BCUT2D eigenvalue weighted by Crippen LogP contribution is -2.29. The Morgan fingerprint density at radius 1 is 1.30 bits per heavy atom. The number of sulfonamides is 1. The van der Waals surface area contributed by atoms with Crippen LogP contribution in [0.5, 0.6) is 5.75 Å². The molecule has 0 unspecified atom stereocenters. The van der Waals surface area contributed by atoms with Gasteiger partial charge in [0, 0.05) is 13.1 Å². The molecule has 1 aromatic carbocycles. The molecule has 5 nitrogen and oxygen atoms in total. The van der Waals surface area contributed by atoms with Crippen molar-refractivity contribution in [1.29, 1.82) is 0 Å². The Labute approximate surface area is 122 Å². The van der Waals surface area contributed by atoms with E-state index in [1.54, 1.807) is 38.4 Å². The maximum atomic E-state index is 12.2. The van der Waals surface area contributed by atoms with Crippen LogP contribution in [-0.2, 0) is 10.0 Å². The van der Waals surface area contributed by atoms with Crippen molar-refractivity contribution < 1.29 is 13.2 Å². The quantitative estimate of drug-likeness (QED) is 0.707. The molecule has 0 saturated heterocycles. The lowest BCUT2D eigenvalue weighted by atomic mass is 10.3. The van der Waals surface area contributed by atoms with E-state index in [1.807, 2.05) is 6.92 Å². The van der Waals surface area contributed by atoms with Gasteiger partial charge in [-0.15, -0.1) is 0 Å². The summed E-state index contributed by atoms with van der Waals surface area (Å²) in [6.07, 6.45) is 1.52. The van der Waals surface area contributed by atoms with E-state index in [1.165, 1.54) is 4.31 Å². The first kappa shape index (κ1) is 16.8. The number of ether oxygens (including phenoxy) is 1. The third-order valence-electron chi connectivity index (χ3n) is 3.09. The second-order valence-electron chi connectivity index (χ2n) is 4.55. The molecule has 1 N–H and O–H groups in total. The van der Waals surface area contributed by atoms with Gasteiger partial charge in [0.1, 0.15) is 5.75 Å². The van der Waals surface area contributed by atoms with E-state index in [4.69, 9.17) is 4.74 Å². The van der Waals surface area contributed by atoms with Gasteiger partial charge in [0.15, 0.2) is 0 Å². The topological polar surface area (TPSA) is 58.6 Å². The maximum Gasteiger partial charge on any atom is 0.234 e. The summed E-state index contributed by atoms with van der Waals surface area (Å²) in [6.45, 7) is 3.80. The average Bonchev–Trinajstić information content (AvgIpc) is 2.46. The zero-order chi connectivity index (χ0) is 15.0. The maximum absolute atomic E-state index is 12.2. The highest BCUT2D eigenvalue weighted by Crippen LogP contribution is 2.22. The molecule has 0 aliphatic carbocycles. The van der Waals surface area contributed by atoms with Crippen molar-refractivity contribution in [1.82, 2.24) is 5.32 Å². The van der Waals surface area contributed by atoms with E-state index in [-0.39, 0.29) is 5.75 Å². The monoisotopic (exact) mass is 300 g/mol. The van der Waals surface area contributed by atoms with Crippen LogP contribution < -0.4 is 14.4 Å². The average molecular weight is 300 g/mol. The lowest BCUT2D eigenvalue weighted by molar-refractivity contribution is 0.415. The molecule has 0 bridgehead atoms. The first-order valence-electron chi connectivity index (χ1n) is 6.82. The largest absolute Gasteiger partial charge is 0.497 e. The van der Waals surface area contributed by atoms with Crippen LogP contribution >= 0.6 is 0 Å². The highest BCUT2D eigenvalue weighted by Gasteiger charge is 2.18. The Morgan fingerprint density at radius 2 is 2.05 bits per heavy atom. The van der Waals surface area contributed by atoms with E-state index in [0.717, 1.165) is 19.5 Å². The van der Waals surface area contributed by atoms with Gasteiger partial charge in [-0.05, 0) is 38.1 Å². The number of hydrogen-bond donors (Lipinski definition) is 1. The summed E-state index contributed by atoms with van der Waals surface area (Å²) in [5, 5.41) is 3.19. The van der Waals surface area contributed by atoms with Gasteiger partial charge in [0.2, 0.25) is 10.0 Å². The molecule has 1 aromatic rings. The summed E-state index contributed by atoms with van der Waals surface area (Å²) < 4.78 is 30.9. The molecule has 20 heavy (non-hydrogen) atoms. The second kappa shape index (κ2) is 8.11. The minimum atomic E-state index is -3.28. The predicted octanol–water partition coefficient (Wildman–Crippen LogP) is 1.85. The zero-order valence-electron chi connectivity index (χ0n) is 12.4. The number of nitrogens with one attached hydrogen (secondary N) is 1. The van der Waals surface area contributed by atoms with Crippen molar-refractivity contribution in [2.24, 2.45) is 0 Å². The fourth-order valence-electron chi connectivity index (χ4n) is 1.82. The van der Waals surface area contributed by atoms with Crippen molar-refractivity contribution in [2.45, 2.75) is 19.8 Å². The Balaban J connectivity index is 2.61. The van der Waals surface area contributed by atoms with Crippen molar-refractivity contribution in [3.63, 3.8) is 0 Å². The number of nitrogens with zero attached hydrogens (tertiary/aromatic N) is 1. The molecule has 0 fully saturated rings. The van der Waals surface area contributed by atoms with E-state index < -0.39 is 10.0 Å². The predicted molar refractivity (Wildman–Crippen MR) is 83.0 cm³/mol. The first-order valence-corrected chi connectivity index (χ1v) is 8.43. The van der Waals surface area contributed by atoms with Gasteiger partial charge in [-0.2, -0.15) is 0 Å². The van der Waals surface area contributed by atoms with Crippen LogP contribution in [0.25, 0.3) is 0 Å². The molecular weight excluding hydrogens is 276 g/mol. The SMILES string of the molecule is CCNCCCCS(=O)(=O)N(C)c1cccc(OC)c1. The Hall–Kier alpha value is -1.27. The van der Waals surface area contributed by atoms with Gasteiger partial charge in [0.25, 0.3) is 0 Å². The number of anilines is 1. The van der Waals surface area contributed by atoms with Gasteiger partial charge >= 0.3 is 0 Å². The number of methoxy groups -OCH3 is 1. The number of benzene rings is 1. The first-order chi connectivity index (χ1) is 9.51. The standard InChI is InChI=1S/C14H24N2O3S/c1-4-15-10-5-6-11-20(17,18)16(2)13-8-7-9-14(12-13)19-3/h7-9,12,15H,4-6,10-11H2,1-3H3. The molecular formula is C14H24N2O3S. The summed E-state index contributed by atoms with van der Waals surface area (Å²) >= 11 is 0. The van der Waals surface area contributed by atoms with Crippen molar-refractivity contribution in [2.75, 3.05) is 37.3 Å². The summed E-state index contributed by atoms with van der Waals surface area (Å²) in [5.41, 5.74) is 0.621. The normalized spacial score (nSPS) is 11.3.